The largest absolute Gasteiger partial charge is 0.394 e. The van der Waals surface area contributed by atoms with Gasteiger partial charge in [0.25, 0.3) is 5.91 Å². The Labute approximate surface area is 105 Å². The minimum absolute atomic E-state index is 0.0297. The maximum atomic E-state index is 12.3. The Hall–Kier alpha value is -1.33. The molecule has 0 radical (unpaired) electrons. The Morgan fingerprint density at radius 2 is 2.39 bits per heavy atom. The van der Waals surface area contributed by atoms with Crippen LogP contribution in [0.25, 0.3) is 0 Å². The molecule has 0 saturated heterocycles. The van der Waals surface area contributed by atoms with Gasteiger partial charge in [-0.2, -0.15) is 0 Å². The van der Waals surface area contributed by atoms with Crippen LogP contribution < -0.4 is 16.2 Å². The maximum absolute atomic E-state index is 12.3. The summed E-state index contributed by atoms with van der Waals surface area (Å²) in [5, 5.41) is 12.4. The summed E-state index contributed by atoms with van der Waals surface area (Å²) in [7, 11) is 0. The summed E-state index contributed by atoms with van der Waals surface area (Å²) < 4.78 is 0. The molecule has 5 nitrogen and oxygen atoms in total. The molecule has 5 heteroatoms. The van der Waals surface area contributed by atoms with Crippen molar-refractivity contribution in [3.63, 3.8) is 0 Å². The van der Waals surface area contributed by atoms with E-state index < -0.39 is 0 Å². The lowest BCUT2D eigenvalue weighted by molar-refractivity contribution is -0.121. The third kappa shape index (κ3) is 1.31. The zero-order valence-electron chi connectivity index (χ0n) is 10.1. The zero-order valence-corrected chi connectivity index (χ0v) is 10.1. The number of hydrogen-bond donors (Lipinski definition) is 4. The molecule has 2 unspecified atom stereocenters. The molecule has 4 N–H and O–H groups in total. The topological polar surface area (TPSA) is 73.4 Å². The van der Waals surface area contributed by atoms with Crippen molar-refractivity contribution in [3.05, 3.63) is 22.9 Å². The average Bonchev–Trinajstić information content (AvgIpc) is 2.81. The molecule has 0 spiro atoms. The highest BCUT2D eigenvalue weighted by atomic mass is 16.3. The lowest BCUT2D eigenvalue weighted by atomic mass is 9.77. The first-order chi connectivity index (χ1) is 8.72. The van der Waals surface area contributed by atoms with Gasteiger partial charge < -0.3 is 15.8 Å². The molecule has 1 heterocycles. The van der Waals surface area contributed by atoms with Gasteiger partial charge in [-0.3, -0.25) is 4.79 Å². The predicted molar refractivity (Wildman–Crippen MR) is 65.1 cm³/mol. The fraction of sp³-hybridized carbons (Fsp3) is 0.615. The van der Waals surface area contributed by atoms with Gasteiger partial charge in [0.1, 0.15) is 5.70 Å². The number of aliphatic hydroxyl groups excluding tert-OH is 1. The maximum Gasteiger partial charge on any atom is 0.269 e. The summed E-state index contributed by atoms with van der Waals surface area (Å²) in [6, 6.07) is 0.284. The third-order valence-electron chi connectivity index (χ3n) is 4.71. The van der Waals surface area contributed by atoms with Crippen molar-refractivity contribution in [2.24, 2.45) is 5.92 Å². The summed E-state index contributed by atoms with van der Waals surface area (Å²) in [4.78, 5) is 12.3. The van der Waals surface area contributed by atoms with Crippen molar-refractivity contribution in [1.29, 1.82) is 0 Å². The fourth-order valence-electron chi connectivity index (χ4n) is 3.24. The first-order valence-electron chi connectivity index (χ1n) is 6.62. The lowest BCUT2D eigenvalue weighted by Gasteiger charge is -2.41. The molecule has 4 aliphatic rings. The number of carbonyl (C=O) groups is 1. The second kappa shape index (κ2) is 3.36. The number of hydrazine groups is 1. The van der Waals surface area contributed by atoms with Gasteiger partial charge in [-0.1, -0.05) is 11.6 Å². The monoisotopic (exact) mass is 247 g/mol. The molecule has 96 valence electrons. The van der Waals surface area contributed by atoms with E-state index in [4.69, 9.17) is 0 Å². The quantitative estimate of drug-likeness (QED) is 0.553. The van der Waals surface area contributed by atoms with Crippen molar-refractivity contribution in [2.75, 3.05) is 6.61 Å². The molecule has 4 rings (SSSR count). The van der Waals surface area contributed by atoms with Crippen LogP contribution in [-0.4, -0.2) is 29.2 Å². The normalized spacial score (nSPS) is 34.2. The van der Waals surface area contributed by atoms with Crippen LogP contribution in [0, 0.1) is 5.92 Å². The zero-order chi connectivity index (χ0) is 12.3. The smallest absolute Gasteiger partial charge is 0.269 e. The number of rotatable bonds is 3. The van der Waals surface area contributed by atoms with E-state index in [2.05, 4.69) is 22.2 Å². The van der Waals surface area contributed by atoms with Crippen LogP contribution in [0.3, 0.4) is 0 Å². The van der Waals surface area contributed by atoms with Crippen molar-refractivity contribution in [3.8, 4) is 0 Å². The minimum atomic E-state index is -0.376. The van der Waals surface area contributed by atoms with Gasteiger partial charge in [0.05, 0.1) is 18.2 Å². The molecule has 0 bridgehead atoms. The molecular formula is C13H17N3O2. The molecule has 1 amide bonds. The first-order valence-corrected chi connectivity index (χ1v) is 6.62. The highest BCUT2D eigenvalue weighted by molar-refractivity contribution is 5.96. The van der Waals surface area contributed by atoms with Gasteiger partial charge in [0, 0.05) is 11.5 Å². The summed E-state index contributed by atoms with van der Waals surface area (Å²) >= 11 is 0. The summed E-state index contributed by atoms with van der Waals surface area (Å²) in [6.45, 7) is 0.0297. The van der Waals surface area contributed by atoms with E-state index >= 15 is 0 Å². The van der Waals surface area contributed by atoms with Crippen LogP contribution in [0.5, 0.6) is 0 Å². The number of aliphatic hydroxyl groups is 1. The van der Waals surface area contributed by atoms with Crippen LogP contribution in [0.15, 0.2) is 22.9 Å². The number of hydrogen-bond acceptors (Lipinski definition) is 4. The Balaban J connectivity index is 1.55. The fourth-order valence-corrected chi connectivity index (χ4v) is 3.24. The third-order valence-corrected chi connectivity index (χ3v) is 4.71. The van der Waals surface area contributed by atoms with Gasteiger partial charge in [-0.25, -0.2) is 5.43 Å². The number of carbonyl (C=O) groups excluding carboxylic acids is 1. The number of nitrogens with one attached hydrogen (secondary N) is 3. The number of fused-ring (bicyclic) bond motifs is 3. The molecule has 3 aliphatic carbocycles. The average molecular weight is 247 g/mol. The molecular weight excluding hydrogens is 230 g/mol. The van der Waals surface area contributed by atoms with E-state index in [0.29, 0.717) is 11.6 Å². The highest BCUT2D eigenvalue weighted by Gasteiger charge is 2.49. The Morgan fingerprint density at radius 3 is 3.06 bits per heavy atom. The first kappa shape index (κ1) is 10.6. The Bertz CT molecular complexity index is 485. The van der Waals surface area contributed by atoms with Gasteiger partial charge in [0.2, 0.25) is 0 Å². The van der Waals surface area contributed by atoms with Gasteiger partial charge in [-0.05, 0) is 25.7 Å². The summed E-state index contributed by atoms with van der Waals surface area (Å²) in [6.07, 6.45) is 6.13. The van der Waals surface area contributed by atoms with E-state index in [9.17, 15) is 9.90 Å². The molecule has 0 aromatic rings. The molecule has 0 aromatic heterocycles. The Morgan fingerprint density at radius 1 is 1.56 bits per heavy atom. The summed E-state index contributed by atoms with van der Waals surface area (Å²) in [5.74, 6) is 0.514. The SMILES string of the molecule is O=C(NC1(CO)CCC1)C1=C2C=C3CC3C2NN1. The standard InChI is InChI=1S/C13H17N3O2/c17-6-13(2-1-3-13)14-12(18)11-9-5-7-4-8(7)10(9)15-16-11/h5,8,10,15-17H,1-4,6H2,(H,14,18). The molecule has 0 aromatic carbocycles. The van der Waals surface area contributed by atoms with Crippen molar-refractivity contribution in [1.82, 2.24) is 16.2 Å². The number of amides is 1. The minimum Gasteiger partial charge on any atom is -0.394 e. The Kier molecular flexibility index (Phi) is 1.98. The van der Waals surface area contributed by atoms with Crippen LogP contribution >= 0.6 is 0 Å². The predicted octanol–water partition coefficient (Wildman–Crippen LogP) is -0.292. The highest BCUT2D eigenvalue weighted by Crippen LogP contribution is 2.50. The van der Waals surface area contributed by atoms with E-state index in [0.717, 1.165) is 24.8 Å². The molecule has 2 atom stereocenters. The van der Waals surface area contributed by atoms with Crippen molar-refractivity contribution in [2.45, 2.75) is 37.3 Å². The van der Waals surface area contributed by atoms with Crippen molar-refractivity contribution >= 4 is 5.91 Å². The van der Waals surface area contributed by atoms with Crippen LogP contribution in [0.2, 0.25) is 0 Å². The van der Waals surface area contributed by atoms with Gasteiger partial charge in [-0.15, -0.1) is 0 Å². The van der Waals surface area contributed by atoms with Gasteiger partial charge >= 0.3 is 0 Å². The molecule has 1 aliphatic heterocycles. The lowest BCUT2D eigenvalue weighted by Crippen LogP contribution is -2.57. The van der Waals surface area contributed by atoms with Crippen LogP contribution in [0.4, 0.5) is 0 Å². The van der Waals surface area contributed by atoms with E-state index in [-0.39, 0.29) is 24.1 Å². The molecule has 2 fully saturated rings. The van der Waals surface area contributed by atoms with E-state index in [1.54, 1.807) is 0 Å². The van der Waals surface area contributed by atoms with Crippen LogP contribution in [0.1, 0.15) is 25.7 Å². The van der Waals surface area contributed by atoms with Crippen LogP contribution in [-0.2, 0) is 4.79 Å². The van der Waals surface area contributed by atoms with Crippen molar-refractivity contribution < 1.29 is 9.90 Å². The van der Waals surface area contributed by atoms with Gasteiger partial charge in [0.15, 0.2) is 0 Å². The second-order valence-corrected chi connectivity index (χ2v) is 5.85. The van der Waals surface area contributed by atoms with E-state index in [1.165, 1.54) is 12.0 Å². The molecule has 2 saturated carbocycles. The second-order valence-electron chi connectivity index (χ2n) is 5.85. The van der Waals surface area contributed by atoms with E-state index in [1.807, 2.05) is 0 Å². The molecule has 18 heavy (non-hydrogen) atoms. The summed E-state index contributed by atoms with van der Waals surface area (Å²) in [5.41, 5.74) is 8.99.